The Morgan fingerprint density at radius 3 is 2.04 bits per heavy atom. The summed E-state index contributed by atoms with van der Waals surface area (Å²) in [7, 11) is 0. The molecule has 0 aliphatic heterocycles. The van der Waals surface area contributed by atoms with Crippen molar-refractivity contribution in [1.29, 1.82) is 0 Å². The summed E-state index contributed by atoms with van der Waals surface area (Å²) in [6.45, 7) is 0.659. The molecule has 0 heterocycles. The number of rotatable bonds is 14. The van der Waals surface area contributed by atoms with Crippen molar-refractivity contribution in [1.82, 2.24) is 5.32 Å². The van der Waals surface area contributed by atoms with Gasteiger partial charge in [0.15, 0.2) is 6.10 Å². The molecule has 3 atom stereocenters. The quantitative estimate of drug-likeness (QED) is 0.155. The molecule has 2 unspecified atom stereocenters. The van der Waals surface area contributed by atoms with Gasteiger partial charge < -0.3 is 46.1 Å². The van der Waals surface area contributed by atoms with Crippen LogP contribution in [0.2, 0.25) is 0 Å². The van der Waals surface area contributed by atoms with Crippen LogP contribution in [-0.2, 0) is 14.3 Å². The molecule has 0 rings (SSSR count). The lowest BCUT2D eigenvalue weighted by Crippen LogP contribution is -2.51. The monoisotopic (exact) mass is 340 g/mol. The van der Waals surface area contributed by atoms with Gasteiger partial charge in [-0.05, 0) is 0 Å². The first-order valence-electron chi connectivity index (χ1n) is 7.38. The second-order valence-electron chi connectivity index (χ2n) is 4.86. The minimum atomic E-state index is -1.89. The highest BCUT2D eigenvalue weighted by atomic mass is 16.5. The molecule has 0 saturated heterocycles. The number of ether oxygens (including phenoxy) is 2. The van der Waals surface area contributed by atoms with E-state index in [-0.39, 0.29) is 13.2 Å². The highest BCUT2D eigenvalue weighted by Crippen LogP contribution is 2.10. The maximum Gasteiger partial charge on any atom is 0.251 e. The van der Waals surface area contributed by atoms with Crippen molar-refractivity contribution in [2.24, 2.45) is 11.7 Å². The average Bonchev–Trinajstić information content (AvgIpc) is 2.56. The fraction of sp³-hybridized carbons (Fsp3) is 0.923. The Kier molecular flexibility index (Phi) is 13.1. The first-order valence-corrected chi connectivity index (χ1v) is 7.38. The van der Waals surface area contributed by atoms with Gasteiger partial charge >= 0.3 is 0 Å². The zero-order valence-electron chi connectivity index (χ0n) is 13.0. The summed E-state index contributed by atoms with van der Waals surface area (Å²) in [5.41, 5.74) is 5.23. The third-order valence-electron chi connectivity index (χ3n) is 3.07. The lowest BCUT2D eigenvalue weighted by Gasteiger charge is -2.26. The van der Waals surface area contributed by atoms with E-state index in [0.717, 1.165) is 0 Å². The van der Waals surface area contributed by atoms with E-state index >= 15 is 0 Å². The van der Waals surface area contributed by atoms with Crippen molar-refractivity contribution in [3.8, 4) is 0 Å². The van der Waals surface area contributed by atoms with Gasteiger partial charge in [-0.1, -0.05) is 0 Å². The molecule has 0 aliphatic carbocycles. The van der Waals surface area contributed by atoms with Crippen molar-refractivity contribution >= 4 is 5.91 Å². The van der Waals surface area contributed by atoms with Gasteiger partial charge in [-0.25, -0.2) is 0 Å². The highest BCUT2D eigenvalue weighted by Gasteiger charge is 2.34. The number of aliphatic hydroxyl groups is 5. The molecule has 0 radical (unpaired) electrons. The molecule has 0 saturated carbocycles. The Morgan fingerprint density at radius 2 is 1.52 bits per heavy atom. The van der Waals surface area contributed by atoms with Gasteiger partial charge in [0, 0.05) is 19.0 Å². The minimum absolute atomic E-state index is 0.0963. The van der Waals surface area contributed by atoms with Gasteiger partial charge in [0.25, 0.3) is 5.91 Å². The summed E-state index contributed by atoms with van der Waals surface area (Å²) >= 11 is 0. The van der Waals surface area contributed by atoms with Crippen LogP contribution in [0.5, 0.6) is 0 Å². The predicted molar refractivity (Wildman–Crippen MR) is 79.4 cm³/mol. The summed E-state index contributed by atoms with van der Waals surface area (Å²) in [5, 5.41) is 49.1. The molecule has 0 aromatic heterocycles. The molecule has 1 amide bonds. The molecule has 138 valence electrons. The molecular formula is C13H28N2O8. The lowest BCUT2D eigenvalue weighted by atomic mass is 9.95. The van der Waals surface area contributed by atoms with E-state index in [2.05, 4.69) is 5.32 Å². The Morgan fingerprint density at radius 1 is 0.957 bits per heavy atom. The predicted octanol–water partition coefficient (Wildman–Crippen LogP) is -4.22. The Bertz CT molecular complexity index is 304. The number of nitrogens with one attached hydrogen (secondary N) is 1. The number of hydrogen-bond donors (Lipinski definition) is 7. The van der Waals surface area contributed by atoms with Crippen molar-refractivity contribution in [2.45, 2.75) is 18.3 Å². The fourth-order valence-corrected chi connectivity index (χ4v) is 1.65. The molecule has 0 fully saturated rings. The SMILES string of the molecule is NCCOCCOCCNC(=O)C(O)C(O)[C@H](O)C(CO)CO. The molecule has 10 heteroatoms. The van der Waals surface area contributed by atoms with E-state index in [9.17, 15) is 20.1 Å². The molecule has 10 nitrogen and oxygen atoms in total. The van der Waals surface area contributed by atoms with Gasteiger partial charge in [0.05, 0.1) is 45.7 Å². The number of carbonyl (C=O) groups excluding carboxylic acids is 1. The number of hydrogen-bond acceptors (Lipinski definition) is 9. The van der Waals surface area contributed by atoms with Crippen molar-refractivity contribution < 1.29 is 39.8 Å². The van der Waals surface area contributed by atoms with Gasteiger partial charge in [-0.2, -0.15) is 0 Å². The molecule has 0 bridgehead atoms. The number of nitrogens with two attached hydrogens (primary N) is 1. The topological polar surface area (TPSA) is 175 Å². The van der Waals surface area contributed by atoms with Gasteiger partial charge in [0.2, 0.25) is 0 Å². The van der Waals surface area contributed by atoms with Crippen LogP contribution >= 0.6 is 0 Å². The lowest BCUT2D eigenvalue weighted by molar-refractivity contribution is -0.145. The van der Waals surface area contributed by atoms with E-state index in [1.807, 2.05) is 0 Å². The molecule has 23 heavy (non-hydrogen) atoms. The normalized spacial score (nSPS) is 15.4. The fourth-order valence-electron chi connectivity index (χ4n) is 1.65. The maximum absolute atomic E-state index is 11.6. The summed E-state index contributed by atoms with van der Waals surface area (Å²) in [6, 6.07) is 0. The van der Waals surface area contributed by atoms with Crippen LogP contribution in [0.3, 0.4) is 0 Å². The Balaban J connectivity index is 3.92. The van der Waals surface area contributed by atoms with Gasteiger partial charge in [-0.15, -0.1) is 0 Å². The number of amides is 1. The highest BCUT2D eigenvalue weighted by molar-refractivity contribution is 5.81. The summed E-state index contributed by atoms with van der Waals surface area (Å²) in [5.74, 6) is -1.95. The maximum atomic E-state index is 11.6. The van der Waals surface area contributed by atoms with Crippen LogP contribution in [0.1, 0.15) is 0 Å². The molecule has 8 N–H and O–H groups in total. The van der Waals surface area contributed by atoms with E-state index in [4.69, 9.17) is 25.4 Å². The zero-order valence-corrected chi connectivity index (χ0v) is 13.0. The molecule has 0 spiro atoms. The molecule has 0 aromatic rings. The third kappa shape index (κ3) is 9.13. The smallest absolute Gasteiger partial charge is 0.251 e. The second-order valence-corrected chi connectivity index (χ2v) is 4.86. The van der Waals surface area contributed by atoms with Crippen LogP contribution in [0, 0.1) is 5.92 Å². The Labute approximate surface area is 134 Å². The van der Waals surface area contributed by atoms with E-state index in [0.29, 0.717) is 26.4 Å². The van der Waals surface area contributed by atoms with Crippen LogP contribution in [0.15, 0.2) is 0 Å². The summed E-state index contributed by atoms with van der Waals surface area (Å²) in [4.78, 5) is 11.6. The van der Waals surface area contributed by atoms with Crippen molar-refractivity contribution in [2.75, 3.05) is 52.7 Å². The van der Waals surface area contributed by atoms with E-state index in [1.165, 1.54) is 0 Å². The number of aliphatic hydroxyl groups excluding tert-OH is 5. The minimum Gasteiger partial charge on any atom is -0.396 e. The second kappa shape index (κ2) is 13.6. The summed E-state index contributed by atoms with van der Waals surface area (Å²) in [6.07, 6.45) is -5.36. The molecule has 0 aromatic carbocycles. The van der Waals surface area contributed by atoms with Gasteiger partial charge in [-0.3, -0.25) is 4.79 Å². The molecular weight excluding hydrogens is 312 g/mol. The molecule has 0 aliphatic rings. The summed E-state index contributed by atoms with van der Waals surface area (Å²) < 4.78 is 10.2. The standard InChI is InChI=1S/C13H28N2O8/c14-1-3-22-5-6-23-4-2-15-13(21)12(20)11(19)10(18)9(7-16)8-17/h9-12,16-20H,1-8,14H2,(H,15,21)/t10-,11?,12?/m1/s1. The first-order chi connectivity index (χ1) is 11.0. The van der Waals surface area contributed by atoms with E-state index in [1.54, 1.807) is 0 Å². The zero-order chi connectivity index (χ0) is 17.7. The Hall–Kier alpha value is -0.850. The number of carbonyl (C=O) groups is 1. The van der Waals surface area contributed by atoms with Crippen LogP contribution in [0.25, 0.3) is 0 Å². The van der Waals surface area contributed by atoms with Crippen LogP contribution < -0.4 is 11.1 Å². The average molecular weight is 340 g/mol. The van der Waals surface area contributed by atoms with Gasteiger partial charge in [0.1, 0.15) is 6.10 Å². The van der Waals surface area contributed by atoms with E-state index < -0.39 is 43.4 Å². The third-order valence-corrected chi connectivity index (χ3v) is 3.07. The van der Waals surface area contributed by atoms with Crippen LogP contribution in [-0.4, -0.2) is 102 Å². The first kappa shape index (κ1) is 22.1. The van der Waals surface area contributed by atoms with Crippen molar-refractivity contribution in [3.63, 3.8) is 0 Å². The van der Waals surface area contributed by atoms with Crippen molar-refractivity contribution in [3.05, 3.63) is 0 Å². The van der Waals surface area contributed by atoms with Crippen LogP contribution in [0.4, 0.5) is 0 Å². The largest absolute Gasteiger partial charge is 0.396 e.